The summed E-state index contributed by atoms with van der Waals surface area (Å²) in [5, 5.41) is 14.4. The molecule has 0 saturated heterocycles. The average molecular weight is 500 g/mol. The molecule has 0 aliphatic carbocycles. The van der Waals surface area contributed by atoms with Crippen LogP contribution in [-0.2, 0) is 11.3 Å². The van der Waals surface area contributed by atoms with Gasteiger partial charge in [0.1, 0.15) is 0 Å². The minimum atomic E-state index is -0.934. The fourth-order valence-electron chi connectivity index (χ4n) is 3.89. The summed E-state index contributed by atoms with van der Waals surface area (Å²) in [5.74, 6) is -1.20. The van der Waals surface area contributed by atoms with Crippen LogP contribution in [0.15, 0.2) is 84.2 Å². The van der Waals surface area contributed by atoms with Gasteiger partial charge in [-0.15, -0.1) is 11.3 Å². The number of carbonyl (C=O) groups excluding carboxylic acids is 1. The van der Waals surface area contributed by atoms with Gasteiger partial charge in [0.25, 0.3) is 5.91 Å². The van der Waals surface area contributed by atoms with Crippen molar-refractivity contribution >= 4 is 28.3 Å². The number of nitrogens with one attached hydrogen (secondary N) is 1. The molecule has 0 saturated carbocycles. The number of amides is 1. The fourth-order valence-corrected chi connectivity index (χ4v) is 4.75. The molecule has 0 radical (unpaired) electrons. The van der Waals surface area contributed by atoms with Gasteiger partial charge < -0.3 is 15.3 Å². The molecule has 7 heteroatoms. The Labute approximate surface area is 215 Å². The molecule has 1 amide bonds. The molecule has 4 rings (SSSR count). The van der Waals surface area contributed by atoms with Crippen LogP contribution in [0.2, 0.25) is 0 Å². The molecule has 6 nitrogen and oxygen atoms in total. The molecule has 0 aliphatic rings. The molecule has 36 heavy (non-hydrogen) atoms. The number of aliphatic carboxylic acids is 1. The zero-order valence-corrected chi connectivity index (χ0v) is 21.0. The first-order valence-corrected chi connectivity index (χ1v) is 12.9. The van der Waals surface area contributed by atoms with Crippen molar-refractivity contribution in [1.82, 2.24) is 10.3 Å². The number of carbonyl (C=O) groups is 2. The van der Waals surface area contributed by atoms with Gasteiger partial charge in [-0.1, -0.05) is 73.7 Å². The molecule has 1 heterocycles. The molecular weight excluding hydrogens is 470 g/mol. The third-order valence-electron chi connectivity index (χ3n) is 5.76. The number of carboxylic acid groups (broad SMARTS) is 1. The molecule has 0 unspecified atom stereocenters. The highest BCUT2D eigenvalue weighted by Gasteiger charge is 2.13. The SMILES string of the molecule is CCCN(Cc1ccc(C(=O)NCCC(=O)O)cc1)c1nc(-c2ccc(-c3ccccc3)cc2)cs1. The maximum Gasteiger partial charge on any atom is 0.305 e. The smallest absolute Gasteiger partial charge is 0.305 e. The summed E-state index contributed by atoms with van der Waals surface area (Å²) in [6.45, 7) is 3.82. The topological polar surface area (TPSA) is 82.5 Å². The van der Waals surface area contributed by atoms with Crippen molar-refractivity contribution in [2.24, 2.45) is 0 Å². The Morgan fingerprint density at radius 3 is 2.25 bits per heavy atom. The largest absolute Gasteiger partial charge is 0.481 e. The lowest BCUT2D eigenvalue weighted by Gasteiger charge is -2.21. The molecule has 4 aromatic rings. The molecule has 1 aromatic heterocycles. The van der Waals surface area contributed by atoms with Gasteiger partial charge in [-0.2, -0.15) is 0 Å². The van der Waals surface area contributed by atoms with Crippen molar-refractivity contribution in [3.8, 4) is 22.4 Å². The van der Waals surface area contributed by atoms with Gasteiger partial charge in [-0.25, -0.2) is 4.98 Å². The number of anilines is 1. The van der Waals surface area contributed by atoms with E-state index in [-0.39, 0.29) is 18.9 Å². The summed E-state index contributed by atoms with van der Waals surface area (Å²) in [7, 11) is 0. The molecule has 3 aromatic carbocycles. The number of nitrogens with zero attached hydrogens (tertiary/aromatic N) is 2. The van der Waals surface area contributed by atoms with Gasteiger partial charge in [0.05, 0.1) is 12.1 Å². The fraction of sp³-hybridized carbons (Fsp3) is 0.207. The summed E-state index contributed by atoms with van der Waals surface area (Å²) in [6.07, 6.45) is 0.896. The van der Waals surface area contributed by atoms with Crippen LogP contribution >= 0.6 is 11.3 Å². The third kappa shape index (κ3) is 6.58. The first-order chi connectivity index (χ1) is 17.5. The van der Waals surface area contributed by atoms with Crippen LogP contribution in [0.25, 0.3) is 22.4 Å². The summed E-state index contributed by atoms with van der Waals surface area (Å²) in [4.78, 5) is 30.0. The molecule has 0 bridgehead atoms. The highest BCUT2D eigenvalue weighted by atomic mass is 32.1. The van der Waals surface area contributed by atoms with Gasteiger partial charge in [-0.3, -0.25) is 9.59 Å². The molecule has 0 spiro atoms. The Kier molecular flexibility index (Phi) is 8.47. The van der Waals surface area contributed by atoms with Crippen molar-refractivity contribution in [3.63, 3.8) is 0 Å². The zero-order valence-electron chi connectivity index (χ0n) is 20.2. The van der Waals surface area contributed by atoms with Crippen molar-refractivity contribution < 1.29 is 14.7 Å². The van der Waals surface area contributed by atoms with E-state index in [1.807, 2.05) is 30.3 Å². The lowest BCUT2D eigenvalue weighted by atomic mass is 10.0. The van der Waals surface area contributed by atoms with Crippen LogP contribution in [0.3, 0.4) is 0 Å². The quantitative estimate of drug-likeness (QED) is 0.261. The predicted molar refractivity (Wildman–Crippen MR) is 145 cm³/mol. The summed E-state index contributed by atoms with van der Waals surface area (Å²) in [6, 6.07) is 26.2. The number of rotatable bonds is 11. The van der Waals surface area contributed by atoms with E-state index in [1.165, 1.54) is 11.1 Å². The van der Waals surface area contributed by atoms with Crippen molar-refractivity contribution in [1.29, 1.82) is 0 Å². The van der Waals surface area contributed by atoms with Crippen LogP contribution < -0.4 is 10.2 Å². The Hall–Kier alpha value is -3.97. The average Bonchev–Trinajstić information content (AvgIpc) is 3.39. The van der Waals surface area contributed by atoms with Crippen LogP contribution in [-0.4, -0.2) is 35.1 Å². The van der Waals surface area contributed by atoms with Crippen LogP contribution in [0.1, 0.15) is 35.7 Å². The molecule has 0 aliphatic heterocycles. The molecular formula is C29H29N3O3S. The Balaban J connectivity index is 1.42. The number of hydrogen-bond donors (Lipinski definition) is 2. The number of aromatic nitrogens is 1. The number of benzene rings is 3. The van der Waals surface area contributed by atoms with E-state index in [4.69, 9.17) is 10.1 Å². The van der Waals surface area contributed by atoms with Gasteiger partial charge >= 0.3 is 5.97 Å². The lowest BCUT2D eigenvalue weighted by molar-refractivity contribution is -0.136. The molecule has 184 valence electrons. The molecule has 2 N–H and O–H groups in total. The summed E-state index contributed by atoms with van der Waals surface area (Å²) in [5.41, 5.74) is 6.02. The normalized spacial score (nSPS) is 10.7. The number of carboxylic acids is 1. The summed E-state index contributed by atoms with van der Waals surface area (Å²) < 4.78 is 0. The number of hydrogen-bond acceptors (Lipinski definition) is 5. The van der Waals surface area contributed by atoms with Gasteiger partial charge in [0.2, 0.25) is 0 Å². The third-order valence-corrected chi connectivity index (χ3v) is 6.66. The van der Waals surface area contributed by atoms with Crippen LogP contribution in [0.5, 0.6) is 0 Å². The van der Waals surface area contributed by atoms with Crippen molar-refractivity contribution in [3.05, 3.63) is 95.4 Å². The minimum absolute atomic E-state index is 0.0945. The maximum absolute atomic E-state index is 12.2. The minimum Gasteiger partial charge on any atom is -0.481 e. The van der Waals surface area contributed by atoms with E-state index in [1.54, 1.807) is 23.5 Å². The second-order valence-corrected chi connectivity index (χ2v) is 9.31. The first kappa shape index (κ1) is 25.1. The van der Waals surface area contributed by atoms with Gasteiger partial charge in [-0.05, 0) is 35.2 Å². The van der Waals surface area contributed by atoms with Crippen molar-refractivity contribution in [2.75, 3.05) is 18.0 Å². The second-order valence-electron chi connectivity index (χ2n) is 8.48. The Morgan fingerprint density at radius 1 is 0.917 bits per heavy atom. The highest BCUT2D eigenvalue weighted by Crippen LogP contribution is 2.30. The summed E-state index contributed by atoms with van der Waals surface area (Å²) >= 11 is 1.63. The van der Waals surface area contributed by atoms with E-state index >= 15 is 0 Å². The Morgan fingerprint density at radius 2 is 1.58 bits per heavy atom. The first-order valence-electron chi connectivity index (χ1n) is 12.0. The maximum atomic E-state index is 12.2. The van der Waals surface area contributed by atoms with E-state index in [0.717, 1.165) is 34.9 Å². The second kappa shape index (κ2) is 12.1. The van der Waals surface area contributed by atoms with E-state index in [9.17, 15) is 9.59 Å². The van der Waals surface area contributed by atoms with Gasteiger partial charge in [0, 0.05) is 36.1 Å². The van der Waals surface area contributed by atoms with Crippen molar-refractivity contribution in [2.45, 2.75) is 26.3 Å². The Bertz CT molecular complexity index is 1290. The molecule has 0 atom stereocenters. The standard InChI is InChI=1S/C29H29N3O3S/c1-2-18-32(19-21-8-10-25(11-9-21)28(35)30-17-16-27(33)34)29-31-26(20-36-29)24-14-12-23(13-15-24)22-6-4-3-5-7-22/h3-15,20H,2,16-19H2,1H3,(H,30,35)(H,33,34). The molecule has 0 fully saturated rings. The number of thiazole rings is 1. The van der Waals surface area contributed by atoms with E-state index in [0.29, 0.717) is 12.1 Å². The zero-order chi connectivity index (χ0) is 25.3. The predicted octanol–water partition coefficient (Wildman–Crippen LogP) is 6.10. The monoisotopic (exact) mass is 499 g/mol. The van der Waals surface area contributed by atoms with Crippen LogP contribution in [0.4, 0.5) is 5.13 Å². The van der Waals surface area contributed by atoms with E-state index < -0.39 is 5.97 Å². The van der Waals surface area contributed by atoms with E-state index in [2.05, 4.69) is 58.9 Å². The van der Waals surface area contributed by atoms with Crippen LogP contribution in [0, 0.1) is 0 Å². The highest BCUT2D eigenvalue weighted by molar-refractivity contribution is 7.14. The van der Waals surface area contributed by atoms with Gasteiger partial charge in [0.15, 0.2) is 5.13 Å². The lowest BCUT2D eigenvalue weighted by Crippen LogP contribution is -2.26.